The number of phenolic OH excluding ortho intramolecular Hbond substituents is 2. The maximum Gasteiger partial charge on any atom is 0.407 e. The van der Waals surface area contributed by atoms with Gasteiger partial charge >= 0.3 is 6.09 Å². The zero-order valence-corrected chi connectivity index (χ0v) is 22.9. The minimum absolute atomic E-state index is 0.00941. The Balaban J connectivity index is 1.78. The molecule has 0 radical (unpaired) electrons. The number of amides is 3. The first-order valence-electron chi connectivity index (χ1n) is 12.8. The molecule has 9 nitrogen and oxygen atoms in total. The molecule has 0 saturated carbocycles. The number of aryl methyl sites for hydroxylation is 1. The summed E-state index contributed by atoms with van der Waals surface area (Å²) < 4.78 is 5.17. The number of unbranched alkanes of at least 4 members (excludes halogenated alkanes) is 1. The Hall–Kier alpha value is -3.49. The summed E-state index contributed by atoms with van der Waals surface area (Å²) in [7, 11) is 1.76. The van der Waals surface area contributed by atoms with E-state index in [1.165, 1.54) is 6.07 Å². The predicted molar refractivity (Wildman–Crippen MR) is 144 cm³/mol. The number of benzene rings is 2. The molecule has 0 atom stereocenters. The lowest BCUT2D eigenvalue weighted by Gasteiger charge is -2.22. The van der Waals surface area contributed by atoms with Crippen LogP contribution in [0.4, 0.5) is 4.79 Å². The smallest absolute Gasteiger partial charge is 0.407 e. The van der Waals surface area contributed by atoms with Crippen molar-refractivity contribution < 1.29 is 29.3 Å². The maximum atomic E-state index is 13.1. The zero-order valence-electron chi connectivity index (χ0n) is 22.9. The van der Waals surface area contributed by atoms with E-state index in [9.17, 15) is 24.6 Å². The Morgan fingerprint density at radius 2 is 1.70 bits per heavy atom. The molecule has 0 fully saturated rings. The van der Waals surface area contributed by atoms with E-state index in [0.29, 0.717) is 55.5 Å². The summed E-state index contributed by atoms with van der Waals surface area (Å²) in [5.41, 5.74) is 0.534. The molecule has 0 bridgehead atoms. The van der Waals surface area contributed by atoms with Crippen LogP contribution in [0.2, 0.25) is 0 Å². The molecule has 3 amide bonds. The average molecular weight is 516 g/mol. The molecule has 2 aromatic carbocycles. The molecule has 0 unspecified atom stereocenters. The number of fused-ring (bicyclic) bond motifs is 1. The van der Waals surface area contributed by atoms with Gasteiger partial charge in [0.05, 0.1) is 0 Å². The molecule has 3 N–H and O–H groups in total. The highest BCUT2D eigenvalue weighted by molar-refractivity contribution is 6.00. The molecule has 0 aromatic heterocycles. The van der Waals surface area contributed by atoms with Crippen molar-refractivity contribution in [1.82, 2.24) is 15.1 Å². The number of ether oxygens (including phenoxy) is 1. The molecule has 0 heterocycles. The molecular formula is C28H41N3O6. The van der Waals surface area contributed by atoms with Crippen LogP contribution in [0.1, 0.15) is 69.3 Å². The highest BCUT2D eigenvalue weighted by atomic mass is 16.6. The van der Waals surface area contributed by atoms with Crippen LogP contribution in [0.15, 0.2) is 24.3 Å². The predicted octanol–water partition coefficient (Wildman–Crippen LogP) is 4.57. The van der Waals surface area contributed by atoms with Gasteiger partial charge in [-0.1, -0.05) is 6.07 Å². The van der Waals surface area contributed by atoms with Crippen molar-refractivity contribution in [3.63, 3.8) is 0 Å². The first-order chi connectivity index (χ1) is 17.3. The number of nitrogens with zero attached hydrogens (tertiary/aromatic N) is 2. The third-order valence-electron chi connectivity index (χ3n) is 6.09. The molecule has 37 heavy (non-hydrogen) atoms. The minimum Gasteiger partial charge on any atom is -0.504 e. The molecule has 0 aliphatic rings. The second kappa shape index (κ2) is 13.2. The Bertz CT molecular complexity index is 1110. The van der Waals surface area contributed by atoms with E-state index < -0.39 is 11.7 Å². The largest absolute Gasteiger partial charge is 0.504 e. The van der Waals surface area contributed by atoms with E-state index in [1.807, 2.05) is 6.92 Å². The fourth-order valence-electron chi connectivity index (χ4n) is 3.99. The van der Waals surface area contributed by atoms with E-state index in [2.05, 4.69) is 5.32 Å². The lowest BCUT2D eigenvalue weighted by Crippen LogP contribution is -2.34. The van der Waals surface area contributed by atoms with E-state index in [0.717, 1.165) is 18.2 Å². The Morgan fingerprint density at radius 3 is 2.35 bits per heavy atom. The van der Waals surface area contributed by atoms with Crippen molar-refractivity contribution in [2.45, 2.75) is 65.9 Å². The highest BCUT2D eigenvalue weighted by Gasteiger charge is 2.18. The number of hydrogen-bond acceptors (Lipinski definition) is 6. The SMILES string of the molecule is CCN(CCCCN(C)C(=O)CCCNC(=O)OC(C)(C)C)C(=O)c1ccc2c(C)c(O)c(O)cc2c1. The number of aromatic hydroxyl groups is 2. The van der Waals surface area contributed by atoms with Crippen LogP contribution in [0.5, 0.6) is 11.5 Å². The molecule has 2 rings (SSSR count). The fourth-order valence-corrected chi connectivity index (χ4v) is 3.99. The monoisotopic (exact) mass is 515 g/mol. The fraction of sp³-hybridized carbons (Fsp3) is 0.536. The molecule has 0 spiro atoms. The van der Waals surface area contributed by atoms with Crippen LogP contribution in [0.3, 0.4) is 0 Å². The highest BCUT2D eigenvalue weighted by Crippen LogP contribution is 2.35. The van der Waals surface area contributed by atoms with E-state index in [1.54, 1.807) is 62.7 Å². The summed E-state index contributed by atoms with van der Waals surface area (Å²) in [6.45, 7) is 11.1. The van der Waals surface area contributed by atoms with Crippen LogP contribution in [-0.2, 0) is 9.53 Å². The second-order valence-corrected chi connectivity index (χ2v) is 10.2. The third kappa shape index (κ3) is 8.84. The van der Waals surface area contributed by atoms with Crippen molar-refractivity contribution in [1.29, 1.82) is 0 Å². The van der Waals surface area contributed by atoms with Crippen molar-refractivity contribution >= 4 is 28.7 Å². The van der Waals surface area contributed by atoms with Gasteiger partial charge in [-0.25, -0.2) is 4.79 Å². The van der Waals surface area contributed by atoms with Gasteiger partial charge in [0.2, 0.25) is 5.91 Å². The zero-order chi connectivity index (χ0) is 27.8. The molecule has 0 aliphatic carbocycles. The molecule has 9 heteroatoms. The summed E-state index contributed by atoms with van der Waals surface area (Å²) in [6.07, 6.45) is 1.88. The quantitative estimate of drug-likeness (QED) is 0.298. The van der Waals surface area contributed by atoms with Crippen LogP contribution in [-0.4, -0.2) is 76.7 Å². The topological polar surface area (TPSA) is 119 Å². The van der Waals surface area contributed by atoms with Crippen molar-refractivity contribution in [2.24, 2.45) is 0 Å². The first kappa shape index (κ1) is 29.7. The molecule has 0 aliphatic heterocycles. The number of alkyl carbamates (subject to hydrolysis) is 1. The van der Waals surface area contributed by atoms with Gasteiger partial charge in [0.1, 0.15) is 5.60 Å². The van der Waals surface area contributed by atoms with Crippen LogP contribution < -0.4 is 5.32 Å². The number of carbonyl (C=O) groups excluding carboxylic acids is 3. The van der Waals surface area contributed by atoms with Gasteiger partial charge in [-0.15, -0.1) is 0 Å². The van der Waals surface area contributed by atoms with Gasteiger partial charge in [-0.2, -0.15) is 0 Å². The van der Waals surface area contributed by atoms with Crippen molar-refractivity contribution in [3.05, 3.63) is 35.4 Å². The molecule has 0 saturated heterocycles. The van der Waals surface area contributed by atoms with Gasteiger partial charge in [0, 0.05) is 50.8 Å². The summed E-state index contributed by atoms with van der Waals surface area (Å²) in [5, 5.41) is 24.0. The van der Waals surface area contributed by atoms with E-state index in [-0.39, 0.29) is 23.3 Å². The minimum atomic E-state index is -0.554. The number of phenols is 2. The molecule has 2 aromatic rings. The van der Waals surface area contributed by atoms with Crippen molar-refractivity contribution in [2.75, 3.05) is 33.2 Å². The standard InChI is InChI=1S/C28H41N3O6/c1-7-31(26(35)20-12-13-22-19(2)25(34)23(32)18-21(22)17-20)16-9-8-15-30(6)24(33)11-10-14-29-27(36)37-28(3,4)5/h12-13,17-18,32,34H,7-11,14-16H2,1-6H3,(H,29,36). The third-order valence-corrected chi connectivity index (χ3v) is 6.09. The number of hydrogen-bond donors (Lipinski definition) is 3. The average Bonchev–Trinajstić information content (AvgIpc) is 2.83. The van der Waals surface area contributed by atoms with E-state index in [4.69, 9.17) is 4.74 Å². The summed E-state index contributed by atoms with van der Waals surface area (Å²) in [6, 6.07) is 6.72. The Labute approximate surface area is 219 Å². The van der Waals surface area contributed by atoms with Gasteiger partial charge in [0.15, 0.2) is 11.5 Å². The van der Waals surface area contributed by atoms with Crippen LogP contribution in [0.25, 0.3) is 10.8 Å². The summed E-state index contributed by atoms with van der Waals surface area (Å²) in [5.74, 6) is -0.450. The normalized spacial score (nSPS) is 11.3. The second-order valence-electron chi connectivity index (χ2n) is 10.2. The van der Waals surface area contributed by atoms with Gasteiger partial charge in [-0.3, -0.25) is 9.59 Å². The maximum absolute atomic E-state index is 13.1. The van der Waals surface area contributed by atoms with Crippen molar-refractivity contribution in [3.8, 4) is 11.5 Å². The van der Waals surface area contributed by atoms with Crippen LogP contribution in [0, 0.1) is 6.92 Å². The molecule has 204 valence electrons. The van der Waals surface area contributed by atoms with Gasteiger partial charge in [0.25, 0.3) is 5.91 Å². The van der Waals surface area contributed by atoms with Gasteiger partial charge in [-0.05, 0) is 82.9 Å². The number of carbonyl (C=O) groups is 3. The first-order valence-corrected chi connectivity index (χ1v) is 12.8. The number of rotatable bonds is 11. The summed E-state index contributed by atoms with van der Waals surface area (Å²) in [4.78, 5) is 40.5. The summed E-state index contributed by atoms with van der Waals surface area (Å²) >= 11 is 0. The lowest BCUT2D eigenvalue weighted by molar-refractivity contribution is -0.130. The lowest BCUT2D eigenvalue weighted by atomic mass is 10.0. The van der Waals surface area contributed by atoms with E-state index >= 15 is 0 Å². The number of nitrogens with one attached hydrogen (secondary N) is 1. The Morgan fingerprint density at radius 1 is 1.03 bits per heavy atom. The van der Waals surface area contributed by atoms with Gasteiger partial charge < -0.3 is 30.1 Å². The van der Waals surface area contributed by atoms with Crippen LogP contribution >= 0.6 is 0 Å². The molecular weight excluding hydrogens is 474 g/mol. The Kier molecular flexibility index (Phi) is 10.6.